The van der Waals surface area contributed by atoms with E-state index in [0.717, 1.165) is 30.9 Å². The molecule has 0 saturated heterocycles. The Bertz CT molecular complexity index is 1210. The number of hydrogen-bond donors (Lipinski definition) is 0. The maximum Gasteiger partial charge on any atom is 0.330 e. The molecule has 0 spiro atoms. The van der Waals surface area contributed by atoms with Crippen molar-refractivity contribution in [1.82, 2.24) is 28.2 Å². The lowest BCUT2D eigenvalue weighted by atomic mass is 10.1. The molecule has 3 aromatic rings. The highest BCUT2D eigenvalue weighted by atomic mass is 32.2. The van der Waals surface area contributed by atoms with Crippen LogP contribution in [0.5, 0.6) is 0 Å². The van der Waals surface area contributed by atoms with Crippen molar-refractivity contribution in [2.24, 2.45) is 14.1 Å². The van der Waals surface area contributed by atoms with Gasteiger partial charge >= 0.3 is 5.69 Å². The second kappa shape index (κ2) is 7.17. The van der Waals surface area contributed by atoms with Crippen LogP contribution in [0.1, 0.15) is 18.5 Å². The van der Waals surface area contributed by atoms with Gasteiger partial charge in [0.25, 0.3) is 5.56 Å². The first-order valence-electron chi connectivity index (χ1n) is 8.34. The van der Waals surface area contributed by atoms with Gasteiger partial charge in [0.1, 0.15) is 12.7 Å². The Morgan fingerprint density at radius 1 is 1.11 bits per heavy atom. The molecule has 0 unspecified atom stereocenters. The van der Waals surface area contributed by atoms with Crippen molar-refractivity contribution >= 4 is 10.0 Å². The molecule has 3 rings (SSSR count). The lowest BCUT2D eigenvalue weighted by molar-refractivity contribution is 0.396. The molecule has 1 aromatic carbocycles. The van der Waals surface area contributed by atoms with Gasteiger partial charge in [-0.3, -0.25) is 9.36 Å². The number of nitrogens with zero attached hydrogens (tertiary/aromatic N) is 6. The van der Waals surface area contributed by atoms with Crippen LogP contribution in [0.25, 0.3) is 5.69 Å². The van der Waals surface area contributed by atoms with Crippen LogP contribution < -0.4 is 11.2 Å². The number of rotatable bonds is 5. The van der Waals surface area contributed by atoms with Crippen LogP contribution in [0.3, 0.4) is 0 Å². The largest absolute Gasteiger partial charge is 0.330 e. The average molecular weight is 404 g/mol. The third kappa shape index (κ3) is 3.29. The lowest BCUT2D eigenvalue weighted by Gasteiger charge is -2.24. The fraction of sp³-hybridized carbons (Fsp3) is 0.294. The maximum absolute atomic E-state index is 13.0. The van der Waals surface area contributed by atoms with Gasteiger partial charge in [0.2, 0.25) is 10.0 Å². The topological polar surface area (TPSA) is 112 Å². The van der Waals surface area contributed by atoms with E-state index < -0.39 is 32.2 Å². The van der Waals surface area contributed by atoms with Gasteiger partial charge in [-0.05, 0) is 24.6 Å². The molecular formula is C17H20N6O4S. The van der Waals surface area contributed by atoms with E-state index in [-0.39, 0.29) is 0 Å². The van der Waals surface area contributed by atoms with E-state index in [0.29, 0.717) is 0 Å². The maximum atomic E-state index is 13.0. The number of hydrogen-bond acceptors (Lipinski definition) is 6. The minimum atomic E-state index is -4.12. The summed E-state index contributed by atoms with van der Waals surface area (Å²) in [5.74, 6) is 0. The fourth-order valence-electron chi connectivity index (χ4n) is 2.77. The van der Waals surface area contributed by atoms with Crippen molar-refractivity contribution in [1.29, 1.82) is 0 Å². The van der Waals surface area contributed by atoms with Crippen molar-refractivity contribution in [3.8, 4) is 5.69 Å². The molecule has 11 heteroatoms. The third-order valence-electron chi connectivity index (χ3n) is 4.68. The van der Waals surface area contributed by atoms with Crippen LogP contribution in [-0.4, -0.2) is 43.7 Å². The minimum Gasteiger partial charge on any atom is -0.302 e. The molecule has 0 radical (unpaired) electrons. The van der Waals surface area contributed by atoms with Crippen molar-refractivity contribution in [2.75, 3.05) is 7.05 Å². The Hall–Kier alpha value is -3.05. The van der Waals surface area contributed by atoms with Crippen molar-refractivity contribution in [3.05, 3.63) is 69.5 Å². The van der Waals surface area contributed by atoms with E-state index in [1.54, 1.807) is 42.2 Å². The van der Waals surface area contributed by atoms with Crippen molar-refractivity contribution < 1.29 is 8.42 Å². The first-order valence-corrected chi connectivity index (χ1v) is 9.78. The zero-order valence-electron chi connectivity index (χ0n) is 15.8. The summed E-state index contributed by atoms with van der Waals surface area (Å²) >= 11 is 0. The highest BCUT2D eigenvalue weighted by molar-refractivity contribution is 7.89. The first kappa shape index (κ1) is 19.7. The molecule has 1 atom stereocenters. The Labute approximate surface area is 161 Å². The van der Waals surface area contributed by atoms with E-state index >= 15 is 0 Å². The predicted molar refractivity (Wildman–Crippen MR) is 102 cm³/mol. The molecule has 0 amide bonds. The summed E-state index contributed by atoms with van der Waals surface area (Å²) in [7, 11) is -0.0788. The molecule has 0 aliphatic carbocycles. The van der Waals surface area contributed by atoms with E-state index in [9.17, 15) is 18.0 Å². The van der Waals surface area contributed by atoms with Crippen LogP contribution >= 0.6 is 0 Å². The Balaban J connectivity index is 1.96. The van der Waals surface area contributed by atoms with Gasteiger partial charge in [0, 0.05) is 33.4 Å². The van der Waals surface area contributed by atoms with Gasteiger partial charge < -0.3 is 4.57 Å². The number of aryl methyl sites for hydroxylation is 1. The summed E-state index contributed by atoms with van der Waals surface area (Å²) in [4.78, 5) is 27.6. The van der Waals surface area contributed by atoms with Crippen molar-refractivity contribution in [3.63, 3.8) is 0 Å². The Morgan fingerprint density at radius 2 is 1.75 bits per heavy atom. The molecule has 28 heavy (non-hydrogen) atoms. The van der Waals surface area contributed by atoms with Gasteiger partial charge in [-0.25, -0.2) is 22.9 Å². The highest BCUT2D eigenvalue weighted by Gasteiger charge is 2.30. The van der Waals surface area contributed by atoms with Gasteiger partial charge in [0.15, 0.2) is 4.90 Å². The lowest BCUT2D eigenvalue weighted by Crippen LogP contribution is -2.42. The van der Waals surface area contributed by atoms with E-state index in [2.05, 4.69) is 10.1 Å². The van der Waals surface area contributed by atoms with E-state index in [1.165, 1.54) is 27.5 Å². The summed E-state index contributed by atoms with van der Waals surface area (Å²) in [5.41, 5.74) is 0.0644. The van der Waals surface area contributed by atoms with Gasteiger partial charge in [-0.1, -0.05) is 12.1 Å². The van der Waals surface area contributed by atoms with Gasteiger partial charge in [-0.2, -0.15) is 9.40 Å². The zero-order chi connectivity index (χ0) is 20.6. The van der Waals surface area contributed by atoms with Gasteiger partial charge in [-0.15, -0.1) is 0 Å². The zero-order valence-corrected chi connectivity index (χ0v) is 16.7. The fourth-order valence-corrected chi connectivity index (χ4v) is 4.27. The molecule has 10 nitrogen and oxygen atoms in total. The van der Waals surface area contributed by atoms with Crippen molar-refractivity contribution in [2.45, 2.75) is 17.9 Å². The summed E-state index contributed by atoms with van der Waals surface area (Å²) in [6.07, 6.45) is 4.03. The molecule has 0 N–H and O–H groups in total. The standard InChI is InChI=1S/C17H20N6O4S/c1-12(13-5-7-14(8-6-13)23-11-18-10-19-23)22(4)28(26,27)15-9-20(2)17(25)21(3)16(15)24/h5-12H,1-4H3/t12-/m1/s1. The van der Waals surface area contributed by atoms with Crippen LogP contribution in [0.15, 0.2) is 57.6 Å². The number of sulfonamides is 1. The van der Waals surface area contributed by atoms with Crippen LogP contribution in [-0.2, 0) is 24.1 Å². The molecule has 0 aliphatic rings. The number of benzene rings is 1. The smallest absolute Gasteiger partial charge is 0.302 e. The highest BCUT2D eigenvalue weighted by Crippen LogP contribution is 2.25. The second-order valence-corrected chi connectivity index (χ2v) is 8.35. The predicted octanol–water partition coefficient (Wildman–Crippen LogP) is 0.0464. The Morgan fingerprint density at radius 3 is 2.32 bits per heavy atom. The average Bonchev–Trinajstić information content (AvgIpc) is 3.22. The molecule has 0 fully saturated rings. The first-order chi connectivity index (χ1) is 13.1. The minimum absolute atomic E-state index is 0.453. The normalized spacial score (nSPS) is 13.0. The molecule has 148 valence electrons. The summed E-state index contributed by atoms with van der Waals surface area (Å²) < 4.78 is 30.6. The van der Waals surface area contributed by atoms with Crippen LogP contribution in [0.2, 0.25) is 0 Å². The summed E-state index contributed by atoms with van der Waals surface area (Å²) in [6, 6.07) is 6.62. The monoisotopic (exact) mass is 404 g/mol. The Kier molecular flexibility index (Phi) is 5.04. The quantitative estimate of drug-likeness (QED) is 0.594. The molecule has 0 aliphatic heterocycles. The second-order valence-electron chi connectivity index (χ2n) is 6.38. The van der Waals surface area contributed by atoms with E-state index in [1.807, 2.05) is 0 Å². The summed E-state index contributed by atoms with van der Waals surface area (Å²) in [5, 5.41) is 4.04. The molecule has 2 heterocycles. The van der Waals surface area contributed by atoms with E-state index in [4.69, 9.17) is 0 Å². The molecule has 0 bridgehead atoms. The SMILES string of the molecule is C[C@H](c1ccc(-n2cncn2)cc1)N(C)S(=O)(=O)c1cn(C)c(=O)n(C)c1=O. The molecular weight excluding hydrogens is 384 g/mol. The van der Waals surface area contributed by atoms with Crippen LogP contribution in [0, 0.1) is 0 Å². The van der Waals surface area contributed by atoms with Gasteiger partial charge in [0.05, 0.1) is 5.69 Å². The number of aromatic nitrogens is 5. The molecule has 0 saturated carbocycles. The molecule has 2 aromatic heterocycles. The third-order valence-corrected chi connectivity index (χ3v) is 6.59. The summed E-state index contributed by atoms with van der Waals surface area (Å²) in [6.45, 7) is 1.72. The van der Waals surface area contributed by atoms with Crippen LogP contribution in [0.4, 0.5) is 0 Å².